The standard InChI is InChI=1S/C14H20N2O/c17-13-7-8-16(10-13)14-4-2-1-3-11(14)9-15-12-5-6-12/h1-4,12-13,15,17H,5-10H2. The zero-order valence-electron chi connectivity index (χ0n) is 10.1. The summed E-state index contributed by atoms with van der Waals surface area (Å²) in [5, 5.41) is 13.2. The first-order valence-corrected chi connectivity index (χ1v) is 6.57. The Morgan fingerprint density at radius 1 is 1.24 bits per heavy atom. The van der Waals surface area contributed by atoms with Crippen molar-refractivity contribution in [2.75, 3.05) is 18.0 Å². The van der Waals surface area contributed by atoms with Crippen molar-refractivity contribution in [1.29, 1.82) is 0 Å². The van der Waals surface area contributed by atoms with Gasteiger partial charge in [0.2, 0.25) is 0 Å². The second-order valence-electron chi connectivity index (χ2n) is 5.17. The quantitative estimate of drug-likeness (QED) is 0.826. The van der Waals surface area contributed by atoms with Gasteiger partial charge in [-0.3, -0.25) is 0 Å². The zero-order chi connectivity index (χ0) is 11.7. The van der Waals surface area contributed by atoms with Crippen molar-refractivity contribution in [3.05, 3.63) is 29.8 Å². The monoisotopic (exact) mass is 232 g/mol. The number of aliphatic hydroxyl groups is 1. The summed E-state index contributed by atoms with van der Waals surface area (Å²) in [7, 11) is 0. The van der Waals surface area contributed by atoms with Crippen LogP contribution in [0, 0.1) is 0 Å². The number of aliphatic hydroxyl groups excluding tert-OH is 1. The van der Waals surface area contributed by atoms with E-state index in [2.05, 4.69) is 34.5 Å². The highest BCUT2D eigenvalue weighted by Crippen LogP contribution is 2.26. The third-order valence-corrected chi connectivity index (χ3v) is 3.65. The van der Waals surface area contributed by atoms with Gasteiger partial charge in [-0.25, -0.2) is 0 Å². The van der Waals surface area contributed by atoms with Crippen LogP contribution in [0.3, 0.4) is 0 Å². The molecule has 0 aromatic heterocycles. The minimum atomic E-state index is -0.153. The maximum absolute atomic E-state index is 9.62. The summed E-state index contributed by atoms with van der Waals surface area (Å²) >= 11 is 0. The normalized spacial score (nSPS) is 24.3. The van der Waals surface area contributed by atoms with E-state index in [1.54, 1.807) is 0 Å². The summed E-state index contributed by atoms with van der Waals surface area (Å²) in [5.41, 5.74) is 2.64. The number of benzene rings is 1. The number of nitrogens with one attached hydrogen (secondary N) is 1. The van der Waals surface area contributed by atoms with Crippen LogP contribution >= 0.6 is 0 Å². The molecular formula is C14H20N2O. The van der Waals surface area contributed by atoms with Gasteiger partial charge in [-0.1, -0.05) is 18.2 Å². The van der Waals surface area contributed by atoms with Crippen molar-refractivity contribution in [3.63, 3.8) is 0 Å². The van der Waals surface area contributed by atoms with Crippen LogP contribution in [0.1, 0.15) is 24.8 Å². The maximum atomic E-state index is 9.62. The molecule has 0 amide bonds. The molecule has 1 atom stereocenters. The summed E-state index contributed by atoms with van der Waals surface area (Å²) < 4.78 is 0. The van der Waals surface area contributed by atoms with Crippen molar-refractivity contribution in [3.8, 4) is 0 Å². The van der Waals surface area contributed by atoms with Gasteiger partial charge in [0.15, 0.2) is 0 Å². The van der Waals surface area contributed by atoms with E-state index in [0.29, 0.717) is 0 Å². The van der Waals surface area contributed by atoms with Crippen LogP contribution in [0.4, 0.5) is 5.69 Å². The molecule has 1 aromatic carbocycles. The van der Waals surface area contributed by atoms with Crippen molar-refractivity contribution in [1.82, 2.24) is 5.32 Å². The van der Waals surface area contributed by atoms with E-state index in [1.807, 2.05) is 0 Å². The summed E-state index contributed by atoms with van der Waals surface area (Å²) in [5.74, 6) is 0. The number of hydrogen-bond donors (Lipinski definition) is 2. The lowest BCUT2D eigenvalue weighted by Crippen LogP contribution is -2.24. The molecule has 1 aliphatic carbocycles. The number of β-amino-alcohol motifs (C(OH)–C–C–N with tert-alkyl or cyclic N) is 1. The first-order chi connectivity index (χ1) is 8.33. The van der Waals surface area contributed by atoms with Gasteiger partial charge >= 0.3 is 0 Å². The smallest absolute Gasteiger partial charge is 0.0731 e. The van der Waals surface area contributed by atoms with E-state index < -0.39 is 0 Å². The fraction of sp³-hybridized carbons (Fsp3) is 0.571. The molecule has 2 fully saturated rings. The molecule has 3 heteroatoms. The fourth-order valence-corrected chi connectivity index (χ4v) is 2.47. The van der Waals surface area contributed by atoms with E-state index in [-0.39, 0.29) is 6.10 Å². The molecule has 1 saturated carbocycles. The molecule has 1 heterocycles. The Bertz CT molecular complexity index is 390. The lowest BCUT2D eigenvalue weighted by atomic mass is 10.1. The Morgan fingerprint density at radius 2 is 2.06 bits per heavy atom. The summed E-state index contributed by atoms with van der Waals surface area (Å²) in [6, 6.07) is 9.28. The Labute approximate surface area is 102 Å². The van der Waals surface area contributed by atoms with E-state index in [4.69, 9.17) is 0 Å². The van der Waals surface area contributed by atoms with Gasteiger partial charge in [0.1, 0.15) is 0 Å². The lowest BCUT2D eigenvalue weighted by Gasteiger charge is -2.21. The number of nitrogens with zero attached hydrogens (tertiary/aromatic N) is 1. The molecular weight excluding hydrogens is 212 g/mol. The predicted molar refractivity (Wildman–Crippen MR) is 69.1 cm³/mol. The Morgan fingerprint density at radius 3 is 2.76 bits per heavy atom. The Kier molecular flexibility index (Phi) is 3.04. The largest absolute Gasteiger partial charge is 0.391 e. The molecule has 3 rings (SSSR count). The lowest BCUT2D eigenvalue weighted by molar-refractivity contribution is 0.198. The summed E-state index contributed by atoms with van der Waals surface area (Å²) in [6.45, 7) is 2.70. The van der Waals surface area contributed by atoms with Gasteiger partial charge in [-0.2, -0.15) is 0 Å². The molecule has 0 radical (unpaired) electrons. The molecule has 1 aliphatic heterocycles. The third-order valence-electron chi connectivity index (χ3n) is 3.65. The van der Waals surface area contributed by atoms with Crippen molar-refractivity contribution in [2.45, 2.75) is 38.0 Å². The Hall–Kier alpha value is -1.06. The van der Waals surface area contributed by atoms with Gasteiger partial charge in [-0.05, 0) is 30.9 Å². The molecule has 92 valence electrons. The second-order valence-corrected chi connectivity index (χ2v) is 5.17. The maximum Gasteiger partial charge on any atom is 0.0731 e. The molecule has 1 aromatic rings. The van der Waals surface area contributed by atoms with Crippen LogP contribution in [0.5, 0.6) is 0 Å². The minimum absolute atomic E-state index is 0.153. The van der Waals surface area contributed by atoms with Crippen LogP contribution in [0.2, 0.25) is 0 Å². The minimum Gasteiger partial charge on any atom is -0.391 e. The van der Waals surface area contributed by atoms with E-state index in [9.17, 15) is 5.11 Å². The SMILES string of the molecule is OC1CCN(c2ccccc2CNC2CC2)C1. The van der Waals surface area contributed by atoms with Crippen molar-refractivity contribution in [2.24, 2.45) is 0 Å². The number of rotatable bonds is 4. The van der Waals surface area contributed by atoms with Crippen LogP contribution < -0.4 is 10.2 Å². The first kappa shape index (κ1) is 11.1. The number of para-hydroxylation sites is 1. The molecule has 17 heavy (non-hydrogen) atoms. The molecule has 0 spiro atoms. The molecule has 3 nitrogen and oxygen atoms in total. The highest BCUT2D eigenvalue weighted by Gasteiger charge is 2.23. The van der Waals surface area contributed by atoms with Crippen LogP contribution in [0.15, 0.2) is 24.3 Å². The zero-order valence-corrected chi connectivity index (χ0v) is 10.1. The summed E-state index contributed by atoms with van der Waals surface area (Å²) in [6.07, 6.45) is 3.39. The van der Waals surface area contributed by atoms with Gasteiger partial charge < -0.3 is 15.3 Å². The summed E-state index contributed by atoms with van der Waals surface area (Å²) in [4.78, 5) is 2.30. The first-order valence-electron chi connectivity index (χ1n) is 6.57. The van der Waals surface area contributed by atoms with Gasteiger partial charge in [0.05, 0.1) is 6.10 Å². The van der Waals surface area contributed by atoms with Crippen LogP contribution in [-0.4, -0.2) is 30.3 Å². The topological polar surface area (TPSA) is 35.5 Å². The van der Waals surface area contributed by atoms with Gasteiger partial charge in [-0.15, -0.1) is 0 Å². The second kappa shape index (κ2) is 4.67. The van der Waals surface area contributed by atoms with E-state index in [0.717, 1.165) is 32.1 Å². The molecule has 1 saturated heterocycles. The fourth-order valence-electron chi connectivity index (χ4n) is 2.47. The highest BCUT2D eigenvalue weighted by molar-refractivity contribution is 5.54. The number of hydrogen-bond acceptors (Lipinski definition) is 3. The van der Waals surface area contributed by atoms with Crippen molar-refractivity contribution >= 4 is 5.69 Å². The third kappa shape index (κ3) is 2.61. The van der Waals surface area contributed by atoms with Crippen molar-refractivity contribution < 1.29 is 5.11 Å². The predicted octanol–water partition coefficient (Wildman–Crippen LogP) is 1.51. The molecule has 1 unspecified atom stereocenters. The average molecular weight is 232 g/mol. The van der Waals surface area contributed by atoms with E-state index in [1.165, 1.54) is 24.1 Å². The molecule has 2 aliphatic rings. The van der Waals surface area contributed by atoms with Gasteiger partial charge in [0, 0.05) is 31.4 Å². The van der Waals surface area contributed by atoms with Crippen LogP contribution in [-0.2, 0) is 6.54 Å². The Balaban J connectivity index is 1.72. The van der Waals surface area contributed by atoms with Crippen LogP contribution in [0.25, 0.3) is 0 Å². The highest BCUT2D eigenvalue weighted by atomic mass is 16.3. The van der Waals surface area contributed by atoms with E-state index >= 15 is 0 Å². The number of anilines is 1. The van der Waals surface area contributed by atoms with Gasteiger partial charge in [0.25, 0.3) is 0 Å². The molecule has 2 N–H and O–H groups in total. The molecule has 0 bridgehead atoms. The average Bonchev–Trinajstić information content (AvgIpc) is 3.08.